The van der Waals surface area contributed by atoms with Gasteiger partial charge in [-0.3, -0.25) is 19.4 Å². The molecule has 0 spiro atoms. The maximum Gasteiger partial charge on any atom is 0.410 e. The lowest BCUT2D eigenvalue weighted by molar-refractivity contribution is -0.142. The van der Waals surface area contributed by atoms with Crippen molar-refractivity contribution in [2.45, 2.75) is 118 Å². The van der Waals surface area contributed by atoms with Gasteiger partial charge in [-0.15, -0.1) is 0 Å². The second-order valence-corrected chi connectivity index (χ2v) is 16.0. The van der Waals surface area contributed by atoms with Gasteiger partial charge in [0.2, 0.25) is 5.91 Å². The van der Waals surface area contributed by atoms with Gasteiger partial charge in [0, 0.05) is 77.4 Å². The van der Waals surface area contributed by atoms with Crippen molar-refractivity contribution in [2.24, 2.45) is 11.8 Å². The molecule has 1 N–H and O–H groups in total. The number of pyridine rings is 1. The van der Waals surface area contributed by atoms with E-state index in [4.69, 9.17) is 19.3 Å². The van der Waals surface area contributed by atoms with E-state index in [1.165, 1.54) is 19.3 Å². The third-order valence-electron chi connectivity index (χ3n) is 9.65. The van der Waals surface area contributed by atoms with E-state index >= 15 is 0 Å². The summed E-state index contributed by atoms with van der Waals surface area (Å²) in [6, 6.07) is 7.39. The molecule has 308 valence electrons. The lowest BCUT2D eigenvalue weighted by atomic mass is 9.91. The summed E-state index contributed by atoms with van der Waals surface area (Å²) in [5, 5.41) is 8.27. The Bertz CT molecular complexity index is 1470. The summed E-state index contributed by atoms with van der Waals surface area (Å²) in [6.07, 6.45) is 11.1. The lowest BCUT2D eigenvalue weighted by Crippen LogP contribution is -2.58. The van der Waals surface area contributed by atoms with Crippen LogP contribution in [0.5, 0.6) is 0 Å². The number of unbranched alkanes of at least 4 members (excludes halogenated alkanes) is 5. The van der Waals surface area contributed by atoms with Crippen LogP contribution in [0, 0.1) is 11.8 Å². The van der Waals surface area contributed by atoms with Gasteiger partial charge in [0.15, 0.2) is 0 Å². The van der Waals surface area contributed by atoms with Crippen LogP contribution < -0.4 is 0 Å². The molecule has 0 radical (unpaired) electrons. The average molecular weight is 770 g/mol. The summed E-state index contributed by atoms with van der Waals surface area (Å²) in [5.74, 6) is -1.07. The van der Waals surface area contributed by atoms with Gasteiger partial charge in [0.05, 0.1) is 30.9 Å². The lowest BCUT2D eigenvalue weighted by Gasteiger charge is -2.44. The van der Waals surface area contributed by atoms with Crippen molar-refractivity contribution in [1.29, 1.82) is 0 Å². The zero-order valence-electron chi connectivity index (χ0n) is 34.5. The molecule has 0 aliphatic carbocycles. The van der Waals surface area contributed by atoms with Crippen molar-refractivity contribution < 1.29 is 38.5 Å². The number of piperidine rings is 1. The fraction of sp³-hybridized carbons (Fsp3) is 0.690. The third kappa shape index (κ3) is 15.2. The molecule has 2 aromatic rings. The fourth-order valence-corrected chi connectivity index (χ4v) is 6.99. The molecular weight excluding hydrogens is 702 g/mol. The number of carbonyl (C=O) groups is 4. The molecule has 4 rings (SSSR count). The Morgan fingerprint density at radius 3 is 2.33 bits per heavy atom. The average Bonchev–Trinajstić information content (AvgIpc) is 3.58. The van der Waals surface area contributed by atoms with Crippen LogP contribution in [0.4, 0.5) is 4.79 Å². The highest BCUT2D eigenvalue weighted by atomic mass is 16.6. The van der Waals surface area contributed by atoms with Gasteiger partial charge >= 0.3 is 12.1 Å². The van der Waals surface area contributed by atoms with E-state index in [0.29, 0.717) is 71.1 Å². The molecule has 2 aliphatic rings. The number of amides is 3. The van der Waals surface area contributed by atoms with Crippen LogP contribution >= 0.6 is 0 Å². The molecule has 0 unspecified atom stereocenters. The quantitative estimate of drug-likeness (QED) is 0.168. The van der Waals surface area contributed by atoms with Crippen molar-refractivity contribution >= 4 is 23.9 Å². The number of carboxylic acids is 1. The second-order valence-electron chi connectivity index (χ2n) is 16.0. The number of likely N-dealkylation sites (tertiary alicyclic amines) is 1. The highest BCUT2D eigenvalue weighted by Gasteiger charge is 2.41. The van der Waals surface area contributed by atoms with E-state index < -0.39 is 23.6 Å². The number of carboxylic acid groups (broad SMARTS) is 1. The van der Waals surface area contributed by atoms with Crippen molar-refractivity contribution in [3.05, 3.63) is 42.4 Å². The van der Waals surface area contributed by atoms with Gasteiger partial charge in [-0.25, -0.2) is 4.79 Å². The number of aromatic nitrogens is 2. The Morgan fingerprint density at radius 2 is 1.71 bits per heavy atom. The molecule has 2 fully saturated rings. The summed E-state index contributed by atoms with van der Waals surface area (Å²) in [5.41, 5.74) is 1.75. The third-order valence-corrected chi connectivity index (χ3v) is 9.65. The SMILES string of the molecule is CCCCCCCC(=O)O.COCCCCn1c(C(=O)N(CC(C)C)[C@H]2C[C@@H](C(=O)N3CCOCC3)CN(C(=O)OC(C)(C)C)C2)ccc1-c1cccnc1. The number of ether oxygens (including phenoxy) is 3. The Hall–Kier alpha value is -3.97. The molecule has 55 heavy (non-hydrogen) atoms. The molecule has 3 amide bonds. The largest absolute Gasteiger partial charge is 0.481 e. The summed E-state index contributed by atoms with van der Waals surface area (Å²) >= 11 is 0. The number of methoxy groups -OCH3 is 1. The van der Waals surface area contributed by atoms with Crippen LogP contribution in [0.15, 0.2) is 36.7 Å². The predicted octanol–water partition coefficient (Wildman–Crippen LogP) is 6.99. The molecule has 13 nitrogen and oxygen atoms in total. The van der Waals surface area contributed by atoms with Gasteiger partial charge < -0.3 is 38.6 Å². The van der Waals surface area contributed by atoms with Crippen LogP contribution in [0.25, 0.3) is 11.3 Å². The molecule has 2 aromatic heterocycles. The number of hydrogen-bond acceptors (Lipinski definition) is 8. The van der Waals surface area contributed by atoms with Crippen LogP contribution in [0.3, 0.4) is 0 Å². The van der Waals surface area contributed by atoms with E-state index in [9.17, 15) is 19.2 Å². The Morgan fingerprint density at radius 1 is 0.982 bits per heavy atom. The number of nitrogens with zero attached hydrogens (tertiary/aromatic N) is 5. The second kappa shape index (κ2) is 23.2. The molecule has 4 heterocycles. The van der Waals surface area contributed by atoms with Gasteiger partial charge in [-0.1, -0.05) is 46.5 Å². The highest BCUT2D eigenvalue weighted by molar-refractivity contribution is 5.94. The van der Waals surface area contributed by atoms with Crippen molar-refractivity contribution in [3.8, 4) is 11.3 Å². The molecule has 2 saturated heterocycles. The first kappa shape index (κ1) is 45.4. The smallest absolute Gasteiger partial charge is 0.410 e. The van der Waals surface area contributed by atoms with E-state index in [-0.39, 0.29) is 30.3 Å². The standard InChI is InChI=1S/C34H51N5O6.C8H16O2/c1-25(2)22-39(32(41)30-12-11-29(26-10-9-13-35-21-26)38(30)14-7-8-17-43-6)28-20-27(31(40)36-15-18-44-19-16-36)23-37(24-28)33(42)45-34(3,4)5;1-2-3-4-5-6-7-8(9)10/h9-13,21,25,27-28H,7-8,14-20,22-24H2,1-6H3;2-7H2,1H3,(H,9,10)/t27-,28+;/m1./s1. The number of aliphatic carboxylic acids is 1. The maximum atomic E-state index is 14.6. The maximum absolute atomic E-state index is 14.6. The highest BCUT2D eigenvalue weighted by Crippen LogP contribution is 2.29. The first-order valence-corrected chi connectivity index (χ1v) is 20.2. The van der Waals surface area contributed by atoms with Crippen LogP contribution in [-0.2, 0) is 30.3 Å². The molecular formula is C42H67N5O8. The van der Waals surface area contributed by atoms with Crippen LogP contribution in [-0.4, -0.2) is 125 Å². The first-order valence-electron chi connectivity index (χ1n) is 20.2. The number of hydrogen-bond donors (Lipinski definition) is 1. The van der Waals surface area contributed by atoms with Gasteiger partial charge in [-0.2, -0.15) is 0 Å². The fourth-order valence-electron chi connectivity index (χ4n) is 6.99. The number of morpholine rings is 1. The summed E-state index contributed by atoms with van der Waals surface area (Å²) in [4.78, 5) is 61.5. The van der Waals surface area contributed by atoms with Gasteiger partial charge in [0.1, 0.15) is 11.3 Å². The minimum absolute atomic E-state index is 0.00566. The minimum atomic E-state index is -0.687. The van der Waals surface area contributed by atoms with Crippen LogP contribution in [0.2, 0.25) is 0 Å². The Labute approximate surface area is 328 Å². The molecule has 0 saturated carbocycles. The summed E-state index contributed by atoms with van der Waals surface area (Å²) < 4.78 is 18.6. The van der Waals surface area contributed by atoms with Crippen molar-refractivity contribution in [2.75, 3.05) is 59.7 Å². The van der Waals surface area contributed by atoms with Gasteiger partial charge in [-0.05, 0) is 76.6 Å². The molecule has 13 heteroatoms. The van der Waals surface area contributed by atoms with Crippen molar-refractivity contribution in [1.82, 2.24) is 24.3 Å². The molecule has 0 aromatic carbocycles. The van der Waals surface area contributed by atoms with Crippen LogP contribution in [0.1, 0.15) is 110 Å². The van der Waals surface area contributed by atoms with Crippen molar-refractivity contribution in [3.63, 3.8) is 0 Å². The van der Waals surface area contributed by atoms with E-state index in [1.807, 2.05) is 61.0 Å². The monoisotopic (exact) mass is 769 g/mol. The summed E-state index contributed by atoms with van der Waals surface area (Å²) in [7, 11) is 1.69. The minimum Gasteiger partial charge on any atom is -0.481 e. The first-order chi connectivity index (χ1) is 26.2. The Kier molecular flexibility index (Phi) is 19.1. The zero-order valence-corrected chi connectivity index (χ0v) is 34.5. The topological polar surface area (TPSA) is 144 Å². The molecule has 2 aliphatic heterocycles. The number of rotatable bonds is 17. The van der Waals surface area contributed by atoms with E-state index in [2.05, 4.69) is 30.3 Å². The predicted molar refractivity (Wildman–Crippen MR) is 213 cm³/mol. The van der Waals surface area contributed by atoms with E-state index in [0.717, 1.165) is 36.9 Å². The normalized spacial score (nSPS) is 17.4. The van der Waals surface area contributed by atoms with E-state index in [1.54, 1.807) is 18.2 Å². The van der Waals surface area contributed by atoms with Gasteiger partial charge in [0.25, 0.3) is 5.91 Å². The Balaban J connectivity index is 0.000000712. The molecule has 2 atom stereocenters. The number of carbonyl (C=O) groups excluding carboxylic acids is 3. The summed E-state index contributed by atoms with van der Waals surface area (Å²) in [6.45, 7) is 16.2. The molecule has 0 bridgehead atoms. The zero-order chi connectivity index (χ0) is 40.4.